The maximum Gasteiger partial charge on any atom is 0.265 e. The highest BCUT2D eigenvalue weighted by molar-refractivity contribution is 8.13. The zero-order valence-corrected chi connectivity index (χ0v) is 26.1. The summed E-state index contributed by atoms with van der Waals surface area (Å²) < 4.78 is 10.7. The second-order valence-corrected chi connectivity index (χ2v) is 13.1. The molecule has 0 spiro atoms. The predicted octanol–water partition coefficient (Wildman–Crippen LogP) is 6.00. The topological polar surface area (TPSA) is 96.7 Å². The molecule has 2 aromatic rings. The third kappa shape index (κ3) is 7.52. The molecule has 1 saturated heterocycles. The number of hydrogen-bond donors (Lipinski definition) is 2. The molecular formula is C31H45N7O2S. The number of aliphatic imine (C=N–C) groups is 1. The van der Waals surface area contributed by atoms with Crippen molar-refractivity contribution in [3.8, 4) is 11.7 Å². The standard InChI is InChI=1S/C31H45N7O2S/c1-9-28-33-22(6)32-15-10-11-23-17-31(7,8)37(18-23)29-24(30(39)36-41-28)12-13-26(34-29)38-16-14-27(35-38)40-19-25(20(2)3)21(4)5/h9,12-14,16,20-21,23,25,32H,1,6,10-11,15,17-19H2,2-5,7-8H3,(H,36,39)/b33-28+. The second kappa shape index (κ2) is 13.1. The summed E-state index contributed by atoms with van der Waals surface area (Å²) in [5.74, 6) is 4.13. The van der Waals surface area contributed by atoms with Gasteiger partial charge in [0.1, 0.15) is 16.7 Å². The lowest BCUT2D eigenvalue weighted by atomic mass is 9.86. The zero-order valence-electron chi connectivity index (χ0n) is 25.3. The number of fused-ring (bicyclic) bond motifs is 4. The first-order chi connectivity index (χ1) is 19.5. The maximum atomic E-state index is 13.5. The van der Waals surface area contributed by atoms with Crippen LogP contribution in [0.25, 0.3) is 5.82 Å². The summed E-state index contributed by atoms with van der Waals surface area (Å²) in [4.78, 5) is 25.3. The van der Waals surface area contributed by atoms with Crippen LogP contribution in [0.1, 0.15) is 71.2 Å². The first-order valence-electron chi connectivity index (χ1n) is 14.6. The Hall–Kier alpha value is -3.27. The highest BCUT2D eigenvalue weighted by atomic mass is 32.2. The molecule has 4 heterocycles. The van der Waals surface area contributed by atoms with Crippen LogP contribution in [-0.2, 0) is 0 Å². The molecule has 4 rings (SSSR count). The van der Waals surface area contributed by atoms with Gasteiger partial charge < -0.3 is 15.0 Å². The monoisotopic (exact) mass is 579 g/mol. The molecule has 0 aromatic carbocycles. The minimum atomic E-state index is -0.246. The minimum absolute atomic E-state index is 0.165. The van der Waals surface area contributed by atoms with Gasteiger partial charge in [0.2, 0.25) is 5.88 Å². The van der Waals surface area contributed by atoms with Gasteiger partial charge in [-0.1, -0.05) is 40.9 Å². The smallest absolute Gasteiger partial charge is 0.265 e. The van der Waals surface area contributed by atoms with E-state index >= 15 is 0 Å². The van der Waals surface area contributed by atoms with Crippen LogP contribution in [0.2, 0.25) is 0 Å². The van der Waals surface area contributed by atoms with Crippen molar-refractivity contribution in [2.24, 2.45) is 28.7 Å². The van der Waals surface area contributed by atoms with E-state index in [0.717, 1.165) is 44.3 Å². The van der Waals surface area contributed by atoms with E-state index in [9.17, 15) is 4.79 Å². The van der Waals surface area contributed by atoms with Gasteiger partial charge in [-0.25, -0.2) is 14.7 Å². The Morgan fingerprint density at radius 1 is 1.22 bits per heavy atom. The summed E-state index contributed by atoms with van der Waals surface area (Å²) in [7, 11) is 0. The molecule has 2 aliphatic rings. The Kier molecular flexibility index (Phi) is 9.84. The molecule has 2 bridgehead atoms. The number of carbonyl (C=O) groups excluding carboxylic acids is 1. The van der Waals surface area contributed by atoms with Gasteiger partial charge in [-0.15, -0.1) is 5.10 Å². The van der Waals surface area contributed by atoms with Gasteiger partial charge >= 0.3 is 0 Å². The van der Waals surface area contributed by atoms with Crippen molar-refractivity contribution < 1.29 is 9.53 Å². The zero-order chi connectivity index (χ0) is 29.7. The molecule has 1 atom stereocenters. The Morgan fingerprint density at radius 2 is 1.98 bits per heavy atom. The molecule has 1 unspecified atom stereocenters. The second-order valence-electron chi connectivity index (χ2n) is 12.3. The van der Waals surface area contributed by atoms with Crippen LogP contribution in [0.4, 0.5) is 5.82 Å². The number of aromatic nitrogens is 3. The molecule has 9 nitrogen and oxygen atoms in total. The molecule has 2 aromatic heterocycles. The number of amides is 1. The first-order valence-corrected chi connectivity index (χ1v) is 15.4. The lowest BCUT2D eigenvalue weighted by molar-refractivity contribution is 0.0984. The molecule has 2 N–H and O–H groups in total. The van der Waals surface area contributed by atoms with Crippen molar-refractivity contribution in [1.82, 2.24) is 24.8 Å². The normalized spacial score (nSPS) is 21.0. The molecule has 2 aliphatic heterocycles. The third-order valence-electron chi connectivity index (χ3n) is 8.04. The van der Waals surface area contributed by atoms with Crippen LogP contribution in [0, 0.1) is 23.7 Å². The largest absolute Gasteiger partial charge is 0.476 e. The number of carbonyl (C=O) groups is 1. The van der Waals surface area contributed by atoms with Gasteiger partial charge in [-0.3, -0.25) is 9.52 Å². The molecular weight excluding hydrogens is 534 g/mol. The van der Waals surface area contributed by atoms with Crippen molar-refractivity contribution in [3.63, 3.8) is 0 Å². The number of pyridine rings is 1. The van der Waals surface area contributed by atoms with E-state index in [2.05, 4.69) is 79.7 Å². The fourth-order valence-electron chi connectivity index (χ4n) is 5.81. The summed E-state index contributed by atoms with van der Waals surface area (Å²) in [6, 6.07) is 5.52. The SMILES string of the molecule is C=C/C1=N\C(=C)NCCCC2CN(c3nc(-n4ccc(OCC(C(C)C)C(C)C)n4)ccc3C(=O)NS1)C(C)(C)C2. The number of hydrogen-bond acceptors (Lipinski definition) is 8. The van der Waals surface area contributed by atoms with Crippen molar-refractivity contribution in [2.45, 2.75) is 66.3 Å². The Bertz CT molecular complexity index is 1280. The molecule has 41 heavy (non-hydrogen) atoms. The lowest BCUT2D eigenvalue weighted by Gasteiger charge is -2.34. The fraction of sp³-hybridized carbons (Fsp3) is 0.548. The highest BCUT2D eigenvalue weighted by Crippen LogP contribution is 2.39. The van der Waals surface area contributed by atoms with Gasteiger partial charge in [0.15, 0.2) is 5.82 Å². The Balaban J connectivity index is 1.65. The van der Waals surface area contributed by atoms with Crippen LogP contribution in [0.5, 0.6) is 5.88 Å². The average Bonchev–Trinajstić information content (AvgIpc) is 3.51. The number of rotatable bonds is 7. The van der Waals surface area contributed by atoms with E-state index in [1.54, 1.807) is 10.8 Å². The van der Waals surface area contributed by atoms with Gasteiger partial charge in [-0.2, -0.15) is 0 Å². The average molecular weight is 580 g/mol. The first kappa shape index (κ1) is 30.7. The van der Waals surface area contributed by atoms with Crippen molar-refractivity contribution >= 4 is 28.7 Å². The van der Waals surface area contributed by atoms with Crippen molar-refractivity contribution in [2.75, 3.05) is 24.6 Å². The fourth-order valence-corrected chi connectivity index (χ4v) is 6.36. The van der Waals surface area contributed by atoms with Crippen LogP contribution < -0.4 is 19.7 Å². The number of anilines is 1. The predicted molar refractivity (Wildman–Crippen MR) is 169 cm³/mol. The lowest BCUT2D eigenvalue weighted by Crippen LogP contribution is -2.40. The molecule has 0 radical (unpaired) electrons. The van der Waals surface area contributed by atoms with Gasteiger partial charge in [0, 0.05) is 42.8 Å². The van der Waals surface area contributed by atoms with Crippen LogP contribution in [-0.4, -0.2) is 51.0 Å². The van der Waals surface area contributed by atoms with Crippen molar-refractivity contribution in [3.05, 3.63) is 55.0 Å². The molecule has 0 saturated carbocycles. The molecule has 1 amide bonds. The summed E-state index contributed by atoms with van der Waals surface area (Å²) >= 11 is 1.11. The van der Waals surface area contributed by atoms with Gasteiger partial charge in [0.25, 0.3) is 5.91 Å². The summed E-state index contributed by atoms with van der Waals surface area (Å²) in [5.41, 5.74) is 0.340. The van der Waals surface area contributed by atoms with Crippen molar-refractivity contribution in [1.29, 1.82) is 0 Å². The number of nitrogens with one attached hydrogen (secondary N) is 2. The maximum absolute atomic E-state index is 13.5. The third-order valence-corrected chi connectivity index (χ3v) is 8.80. The molecule has 1 fully saturated rings. The summed E-state index contributed by atoms with van der Waals surface area (Å²) in [6.45, 7) is 23.4. The van der Waals surface area contributed by atoms with E-state index in [1.807, 2.05) is 24.4 Å². The number of nitrogens with zero attached hydrogens (tertiary/aromatic N) is 5. The minimum Gasteiger partial charge on any atom is -0.476 e. The summed E-state index contributed by atoms with van der Waals surface area (Å²) in [5, 5.41) is 8.50. The Morgan fingerprint density at radius 3 is 2.68 bits per heavy atom. The van der Waals surface area contributed by atoms with E-state index in [-0.39, 0.29) is 11.4 Å². The number of ether oxygens (including phenoxy) is 1. The molecule has 222 valence electrons. The van der Waals surface area contributed by atoms with E-state index < -0.39 is 0 Å². The molecule has 10 heteroatoms. The van der Waals surface area contributed by atoms with Crippen LogP contribution in [0.3, 0.4) is 0 Å². The Labute approximate surface area is 249 Å². The highest BCUT2D eigenvalue weighted by Gasteiger charge is 2.40. The van der Waals surface area contributed by atoms with Crippen LogP contribution in [0.15, 0.2) is 54.4 Å². The van der Waals surface area contributed by atoms with Gasteiger partial charge in [0.05, 0.1) is 12.2 Å². The quantitative estimate of drug-likeness (QED) is 0.389. The van der Waals surface area contributed by atoms with E-state index in [4.69, 9.17) is 9.72 Å². The van der Waals surface area contributed by atoms with Crippen LogP contribution >= 0.6 is 11.9 Å². The summed E-state index contributed by atoms with van der Waals surface area (Å²) in [6.07, 6.45) is 6.54. The molecule has 0 aliphatic carbocycles. The van der Waals surface area contributed by atoms with E-state index in [1.165, 1.54) is 0 Å². The van der Waals surface area contributed by atoms with Gasteiger partial charge in [-0.05, 0) is 75.0 Å². The van der Waals surface area contributed by atoms with E-state index in [0.29, 0.717) is 64.2 Å².